The van der Waals surface area contributed by atoms with Crippen molar-refractivity contribution < 1.29 is 4.79 Å². The quantitative estimate of drug-likeness (QED) is 0.909. The first-order valence-corrected chi connectivity index (χ1v) is 8.53. The van der Waals surface area contributed by atoms with Gasteiger partial charge in [0.05, 0.1) is 0 Å². The van der Waals surface area contributed by atoms with Gasteiger partial charge >= 0.3 is 0 Å². The molecular weight excluding hydrogens is 262 g/mol. The number of carbonyl (C=O) groups is 1. The van der Waals surface area contributed by atoms with Gasteiger partial charge in [-0.3, -0.25) is 4.79 Å². The second-order valence-electron chi connectivity index (χ2n) is 6.34. The summed E-state index contributed by atoms with van der Waals surface area (Å²) in [6.45, 7) is 3.97. The van der Waals surface area contributed by atoms with Crippen molar-refractivity contribution in [2.45, 2.75) is 51.0 Å². The molecule has 2 aliphatic rings. The summed E-state index contributed by atoms with van der Waals surface area (Å²) < 4.78 is 2.22. The summed E-state index contributed by atoms with van der Waals surface area (Å²) >= 11 is 0. The van der Waals surface area contributed by atoms with Crippen LogP contribution in [0.3, 0.4) is 0 Å². The Hall–Kier alpha value is -1.29. The maximum absolute atomic E-state index is 12.9. The van der Waals surface area contributed by atoms with Gasteiger partial charge < -0.3 is 14.8 Å². The number of hydrogen-bond donors (Lipinski definition) is 1. The first kappa shape index (κ1) is 14.6. The number of amides is 1. The molecule has 4 nitrogen and oxygen atoms in total. The van der Waals surface area contributed by atoms with E-state index in [1.807, 2.05) is 12.1 Å². The van der Waals surface area contributed by atoms with Crippen LogP contribution >= 0.6 is 0 Å². The lowest BCUT2D eigenvalue weighted by Gasteiger charge is -2.29. The first-order chi connectivity index (χ1) is 10.4. The molecule has 0 spiro atoms. The number of piperidine rings is 1. The molecular formula is C17H27N3O. The Balaban J connectivity index is 1.73. The Morgan fingerprint density at radius 3 is 2.43 bits per heavy atom. The van der Waals surface area contributed by atoms with Crippen LogP contribution in [-0.4, -0.2) is 41.6 Å². The third-order valence-corrected chi connectivity index (χ3v) is 4.84. The molecule has 2 saturated heterocycles. The van der Waals surface area contributed by atoms with Crippen LogP contribution in [0.2, 0.25) is 0 Å². The zero-order chi connectivity index (χ0) is 14.5. The summed E-state index contributed by atoms with van der Waals surface area (Å²) in [4.78, 5) is 15.0. The maximum Gasteiger partial charge on any atom is 0.270 e. The fraction of sp³-hybridized carbons (Fsp3) is 0.706. The second-order valence-corrected chi connectivity index (χ2v) is 6.34. The van der Waals surface area contributed by atoms with Crippen molar-refractivity contribution in [1.29, 1.82) is 0 Å². The average Bonchev–Trinajstić information content (AvgIpc) is 2.96. The van der Waals surface area contributed by atoms with Crippen LogP contribution in [0.25, 0.3) is 0 Å². The minimum atomic E-state index is 0.237. The predicted octanol–water partition coefficient (Wildman–Crippen LogP) is 2.82. The normalized spacial score (nSPS) is 21.8. The molecule has 0 radical (unpaired) electrons. The summed E-state index contributed by atoms with van der Waals surface area (Å²) in [5.74, 6) is 0.237. The largest absolute Gasteiger partial charge is 0.340 e. The van der Waals surface area contributed by atoms with E-state index in [2.05, 4.69) is 21.0 Å². The lowest BCUT2D eigenvalue weighted by atomic mass is 10.1. The third-order valence-electron chi connectivity index (χ3n) is 4.84. The molecule has 2 fully saturated rings. The van der Waals surface area contributed by atoms with Crippen molar-refractivity contribution in [2.24, 2.45) is 0 Å². The minimum Gasteiger partial charge on any atom is -0.340 e. The fourth-order valence-corrected chi connectivity index (χ4v) is 3.59. The smallest absolute Gasteiger partial charge is 0.270 e. The molecule has 0 unspecified atom stereocenters. The summed E-state index contributed by atoms with van der Waals surface area (Å²) in [5.41, 5.74) is 0.891. The molecule has 1 amide bonds. The SMILES string of the molecule is O=C(c1cccn1C1CCNCC1)N1CCCCCCC1. The standard InChI is InChI=1S/C17H27N3O/c21-17(19-12-4-2-1-3-5-13-19)16-7-6-14-20(16)15-8-10-18-11-9-15/h6-7,14-15,18H,1-5,8-13H2. The van der Waals surface area contributed by atoms with Crippen LogP contribution in [-0.2, 0) is 0 Å². The van der Waals surface area contributed by atoms with Crippen LogP contribution in [0.4, 0.5) is 0 Å². The number of nitrogens with zero attached hydrogens (tertiary/aromatic N) is 2. The van der Waals surface area contributed by atoms with Crippen molar-refractivity contribution in [1.82, 2.24) is 14.8 Å². The van der Waals surface area contributed by atoms with Crippen LogP contribution in [0.1, 0.15) is 61.5 Å². The van der Waals surface area contributed by atoms with Crippen LogP contribution in [0.15, 0.2) is 18.3 Å². The fourth-order valence-electron chi connectivity index (χ4n) is 3.59. The predicted molar refractivity (Wildman–Crippen MR) is 84.6 cm³/mol. The molecule has 116 valence electrons. The Morgan fingerprint density at radius 2 is 1.71 bits per heavy atom. The van der Waals surface area contributed by atoms with Crippen LogP contribution < -0.4 is 5.32 Å². The number of hydrogen-bond acceptors (Lipinski definition) is 2. The van der Waals surface area contributed by atoms with Crippen molar-refractivity contribution in [3.63, 3.8) is 0 Å². The highest BCUT2D eigenvalue weighted by molar-refractivity contribution is 5.92. The van der Waals surface area contributed by atoms with E-state index in [9.17, 15) is 4.79 Å². The number of likely N-dealkylation sites (tertiary alicyclic amines) is 1. The van der Waals surface area contributed by atoms with Gasteiger partial charge in [0.15, 0.2) is 0 Å². The molecule has 2 aliphatic heterocycles. The van der Waals surface area contributed by atoms with Crippen molar-refractivity contribution >= 4 is 5.91 Å². The highest BCUT2D eigenvalue weighted by Gasteiger charge is 2.23. The summed E-state index contributed by atoms with van der Waals surface area (Å²) in [7, 11) is 0. The van der Waals surface area contributed by atoms with E-state index in [-0.39, 0.29) is 5.91 Å². The van der Waals surface area contributed by atoms with E-state index in [1.54, 1.807) is 0 Å². The van der Waals surface area contributed by atoms with Crippen molar-refractivity contribution in [2.75, 3.05) is 26.2 Å². The number of nitrogens with one attached hydrogen (secondary N) is 1. The number of carbonyl (C=O) groups excluding carboxylic acids is 1. The molecule has 0 aliphatic carbocycles. The van der Waals surface area contributed by atoms with Gasteiger partial charge in [0.2, 0.25) is 0 Å². The monoisotopic (exact) mass is 289 g/mol. The van der Waals surface area contributed by atoms with Gasteiger partial charge in [-0.15, -0.1) is 0 Å². The van der Waals surface area contributed by atoms with Crippen LogP contribution in [0.5, 0.6) is 0 Å². The molecule has 0 saturated carbocycles. The van der Waals surface area contributed by atoms with E-state index >= 15 is 0 Å². The molecule has 0 aromatic carbocycles. The molecule has 21 heavy (non-hydrogen) atoms. The highest BCUT2D eigenvalue weighted by atomic mass is 16.2. The van der Waals surface area contributed by atoms with Gasteiger partial charge in [0.1, 0.15) is 5.69 Å². The van der Waals surface area contributed by atoms with E-state index < -0.39 is 0 Å². The van der Waals surface area contributed by atoms with E-state index in [0.29, 0.717) is 6.04 Å². The Morgan fingerprint density at radius 1 is 1.05 bits per heavy atom. The lowest BCUT2D eigenvalue weighted by molar-refractivity contribution is 0.0727. The maximum atomic E-state index is 12.9. The van der Waals surface area contributed by atoms with Gasteiger partial charge in [-0.1, -0.05) is 19.3 Å². The molecule has 3 rings (SSSR count). The topological polar surface area (TPSA) is 37.3 Å². The second kappa shape index (κ2) is 7.12. The Labute approximate surface area is 127 Å². The Kier molecular flexibility index (Phi) is 4.96. The summed E-state index contributed by atoms with van der Waals surface area (Å²) in [5, 5.41) is 3.40. The minimum absolute atomic E-state index is 0.237. The van der Waals surface area contributed by atoms with Crippen molar-refractivity contribution in [3.8, 4) is 0 Å². The zero-order valence-corrected chi connectivity index (χ0v) is 12.9. The summed E-state index contributed by atoms with van der Waals surface area (Å²) in [6, 6.07) is 4.51. The first-order valence-electron chi connectivity index (χ1n) is 8.53. The molecule has 3 heterocycles. The molecule has 1 aromatic rings. The number of rotatable bonds is 2. The van der Waals surface area contributed by atoms with E-state index in [1.165, 1.54) is 19.3 Å². The van der Waals surface area contributed by atoms with E-state index in [4.69, 9.17) is 0 Å². The average molecular weight is 289 g/mol. The van der Waals surface area contributed by atoms with Crippen molar-refractivity contribution in [3.05, 3.63) is 24.0 Å². The van der Waals surface area contributed by atoms with E-state index in [0.717, 1.165) is 57.6 Å². The zero-order valence-electron chi connectivity index (χ0n) is 12.9. The molecule has 4 heteroatoms. The van der Waals surface area contributed by atoms with Gasteiger partial charge in [-0.05, 0) is 50.9 Å². The molecule has 0 atom stereocenters. The highest BCUT2D eigenvalue weighted by Crippen LogP contribution is 2.23. The van der Waals surface area contributed by atoms with Gasteiger partial charge in [-0.2, -0.15) is 0 Å². The third kappa shape index (κ3) is 3.49. The lowest BCUT2D eigenvalue weighted by Crippen LogP contribution is -2.36. The molecule has 0 bridgehead atoms. The summed E-state index contributed by atoms with van der Waals surface area (Å²) in [6.07, 6.45) is 10.5. The van der Waals surface area contributed by atoms with Gasteiger partial charge in [0, 0.05) is 25.3 Å². The van der Waals surface area contributed by atoms with Gasteiger partial charge in [0.25, 0.3) is 5.91 Å². The van der Waals surface area contributed by atoms with Crippen LogP contribution in [0, 0.1) is 0 Å². The molecule has 1 aromatic heterocycles. The molecule has 1 N–H and O–H groups in total. The van der Waals surface area contributed by atoms with Gasteiger partial charge in [-0.25, -0.2) is 0 Å². The number of aromatic nitrogens is 1. The Bertz CT molecular complexity index is 454.